The minimum absolute atomic E-state index is 0.0583. The fourth-order valence-corrected chi connectivity index (χ4v) is 1.90. The number of aromatic nitrogens is 1. The second-order valence-electron chi connectivity index (χ2n) is 4.78. The summed E-state index contributed by atoms with van der Waals surface area (Å²) in [7, 11) is 0. The van der Waals surface area contributed by atoms with Crippen molar-refractivity contribution < 1.29 is 13.5 Å². The molecule has 0 aliphatic heterocycles. The van der Waals surface area contributed by atoms with Gasteiger partial charge in [-0.25, -0.2) is 8.78 Å². The molecule has 3 nitrogen and oxygen atoms in total. The van der Waals surface area contributed by atoms with E-state index in [9.17, 15) is 8.78 Å². The molecule has 20 heavy (non-hydrogen) atoms. The van der Waals surface area contributed by atoms with Gasteiger partial charge in [0.2, 0.25) is 0 Å². The lowest BCUT2D eigenvalue weighted by Gasteiger charge is -2.10. The third-order valence-electron chi connectivity index (χ3n) is 2.66. The topological polar surface area (TPSA) is 48.1 Å². The van der Waals surface area contributed by atoms with Gasteiger partial charge in [-0.2, -0.15) is 0 Å². The van der Waals surface area contributed by atoms with Gasteiger partial charge in [0, 0.05) is 23.9 Å². The Bertz CT molecular complexity index is 588. The molecule has 106 valence electrons. The highest BCUT2D eigenvalue weighted by molar-refractivity contribution is 5.30. The zero-order valence-electron chi connectivity index (χ0n) is 11.1. The first-order valence-electron chi connectivity index (χ1n) is 6.30. The van der Waals surface area contributed by atoms with Crippen LogP contribution in [0, 0.1) is 11.6 Å². The van der Waals surface area contributed by atoms with Gasteiger partial charge in [0.1, 0.15) is 24.0 Å². The second kappa shape index (κ2) is 6.43. The van der Waals surface area contributed by atoms with Crippen LogP contribution in [0.5, 0.6) is 5.75 Å². The molecule has 1 unspecified atom stereocenters. The minimum Gasteiger partial charge on any atom is -0.489 e. The molecule has 0 aliphatic carbocycles. The summed E-state index contributed by atoms with van der Waals surface area (Å²) in [5.74, 6) is -0.414. The van der Waals surface area contributed by atoms with E-state index in [0.29, 0.717) is 17.7 Å². The van der Waals surface area contributed by atoms with Crippen LogP contribution in [0.15, 0.2) is 36.7 Å². The lowest BCUT2D eigenvalue weighted by molar-refractivity contribution is 0.303. The molecule has 1 heterocycles. The Morgan fingerprint density at radius 3 is 2.55 bits per heavy atom. The Morgan fingerprint density at radius 1 is 1.10 bits per heavy atom. The first-order chi connectivity index (χ1) is 9.52. The summed E-state index contributed by atoms with van der Waals surface area (Å²) in [6.45, 7) is 1.98. The van der Waals surface area contributed by atoms with E-state index in [-0.39, 0.29) is 18.5 Å². The molecule has 1 aromatic carbocycles. The first kappa shape index (κ1) is 14.4. The molecule has 0 bridgehead atoms. The van der Waals surface area contributed by atoms with Gasteiger partial charge in [0.05, 0.1) is 6.20 Å². The van der Waals surface area contributed by atoms with Crippen LogP contribution in [-0.2, 0) is 13.0 Å². The van der Waals surface area contributed by atoms with E-state index in [1.54, 1.807) is 6.07 Å². The third-order valence-corrected chi connectivity index (χ3v) is 2.66. The number of nitrogens with two attached hydrogens (primary N) is 1. The average Bonchev–Trinajstić information content (AvgIpc) is 2.35. The van der Waals surface area contributed by atoms with E-state index in [2.05, 4.69) is 4.98 Å². The van der Waals surface area contributed by atoms with Gasteiger partial charge >= 0.3 is 0 Å². The number of pyridine rings is 1. The standard InChI is InChI=1S/C15H16F2N2O/c1-10(18)2-11-3-13(16)6-15(5-11)20-9-12-4-14(17)8-19-7-12/h3-8,10H,2,9,18H2,1H3. The zero-order chi connectivity index (χ0) is 14.5. The molecule has 0 radical (unpaired) electrons. The molecular weight excluding hydrogens is 262 g/mol. The van der Waals surface area contributed by atoms with Gasteiger partial charge in [0.25, 0.3) is 0 Å². The second-order valence-corrected chi connectivity index (χ2v) is 4.78. The Hall–Kier alpha value is -2.01. The van der Waals surface area contributed by atoms with Gasteiger partial charge in [0.15, 0.2) is 0 Å². The quantitative estimate of drug-likeness (QED) is 0.915. The Morgan fingerprint density at radius 2 is 1.85 bits per heavy atom. The van der Waals surface area contributed by atoms with Gasteiger partial charge in [-0.15, -0.1) is 0 Å². The van der Waals surface area contributed by atoms with Crippen molar-refractivity contribution in [3.8, 4) is 5.75 Å². The van der Waals surface area contributed by atoms with Crippen LogP contribution in [0.25, 0.3) is 0 Å². The number of rotatable bonds is 5. The first-order valence-corrected chi connectivity index (χ1v) is 6.30. The van der Waals surface area contributed by atoms with E-state index in [0.717, 1.165) is 11.8 Å². The molecule has 0 saturated heterocycles. The fraction of sp³-hybridized carbons (Fsp3) is 0.267. The normalized spacial score (nSPS) is 12.2. The maximum absolute atomic E-state index is 13.5. The molecule has 0 spiro atoms. The van der Waals surface area contributed by atoms with Gasteiger partial charge in [-0.05, 0) is 37.1 Å². The van der Waals surface area contributed by atoms with E-state index in [4.69, 9.17) is 10.5 Å². The molecule has 0 fully saturated rings. The van der Waals surface area contributed by atoms with Crippen molar-refractivity contribution in [1.82, 2.24) is 4.98 Å². The third kappa shape index (κ3) is 4.28. The van der Waals surface area contributed by atoms with Crippen LogP contribution >= 0.6 is 0 Å². The molecule has 1 atom stereocenters. The molecule has 2 rings (SSSR count). The summed E-state index contributed by atoms with van der Waals surface area (Å²) in [5.41, 5.74) is 7.05. The number of ether oxygens (including phenoxy) is 1. The van der Waals surface area contributed by atoms with Crippen molar-refractivity contribution in [2.24, 2.45) is 5.73 Å². The largest absolute Gasteiger partial charge is 0.489 e. The molecule has 1 aromatic heterocycles. The molecule has 2 aromatic rings. The lowest BCUT2D eigenvalue weighted by Crippen LogP contribution is -2.17. The van der Waals surface area contributed by atoms with Crippen molar-refractivity contribution in [3.05, 3.63) is 59.4 Å². The molecule has 0 amide bonds. The SMILES string of the molecule is CC(N)Cc1cc(F)cc(OCc2cncc(F)c2)c1. The van der Waals surface area contributed by atoms with Crippen molar-refractivity contribution in [3.63, 3.8) is 0 Å². The highest BCUT2D eigenvalue weighted by atomic mass is 19.1. The number of hydrogen-bond donors (Lipinski definition) is 1. The van der Waals surface area contributed by atoms with E-state index < -0.39 is 5.82 Å². The van der Waals surface area contributed by atoms with Crippen molar-refractivity contribution >= 4 is 0 Å². The number of benzene rings is 1. The Labute approximate surface area is 116 Å². The minimum atomic E-state index is -0.428. The van der Waals surface area contributed by atoms with E-state index >= 15 is 0 Å². The highest BCUT2D eigenvalue weighted by Crippen LogP contribution is 2.19. The maximum Gasteiger partial charge on any atom is 0.141 e. The molecular formula is C15H16F2N2O. The number of halogens is 2. The molecule has 5 heteroatoms. The van der Waals surface area contributed by atoms with Crippen LogP contribution in [0.1, 0.15) is 18.1 Å². The average molecular weight is 278 g/mol. The van der Waals surface area contributed by atoms with Crippen LogP contribution in [0.3, 0.4) is 0 Å². The molecule has 0 saturated carbocycles. The number of hydrogen-bond acceptors (Lipinski definition) is 3. The van der Waals surface area contributed by atoms with Crippen LogP contribution in [-0.4, -0.2) is 11.0 Å². The lowest BCUT2D eigenvalue weighted by atomic mass is 10.1. The summed E-state index contributed by atoms with van der Waals surface area (Å²) >= 11 is 0. The Kier molecular flexibility index (Phi) is 4.63. The van der Waals surface area contributed by atoms with Gasteiger partial charge in [-0.1, -0.05) is 0 Å². The summed E-state index contributed by atoms with van der Waals surface area (Å²) in [4.78, 5) is 3.73. The smallest absolute Gasteiger partial charge is 0.141 e. The molecule has 0 aliphatic rings. The summed E-state index contributed by atoms with van der Waals surface area (Å²) in [6, 6.07) is 5.73. The predicted molar refractivity (Wildman–Crippen MR) is 72.3 cm³/mol. The predicted octanol–water partition coefficient (Wildman–Crippen LogP) is 2.83. The van der Waals surface area contributed by atoms with Crippen LogP contribution in [0.2, 0.25) is 0 Å². The summed E-state index contributed by atoms with van der Waals surface area (Å²) in [6.07, 6.45) is 3.19. The van der Waals surface area contributed by atoms with Crippen molar-refractivity contribution in [1.29, 1.82) is 0 Å². The highest BCUT2D eigenvalue weighted by Gasteiger charge is 2.05. The van der Waals surface area contributed by atoms with Gasteiger partial charge in [-0.3, -0.25) is 4.98 Å². The van der Waals surface area contributed by atoms with Gasteiger partial charge < -0.3 is 10.5 Å². The number of nitrogens with zero attached hydrogens (tertiary/aromatic N) is 1. The van der Waals surface area contributed by atoms with E-state index in [1.165, 1.54) is 24.4 Å². The summed E-state index contributed by atoms with van der Waals surface area (Å²) in [5, 5.41) is 0. The fourth-order valence-electron chi connectivity index (χ4n) is 1.90. The molecule has 2 N–H and O–H groups in total. The van der Waals surface area contributed by atoms with E-state index in [1.807, 2.05) is 6.92 Å². The monoisotopic (exact) mass is 278 g/mol. The van der Waals surface area contributed by atoms with Crippen LogP contribution in [0.4, 0.5) is 8.78 Å². The Balaban J connectivity index is 2.07. The zero-order valence-corrected chi connectivity index (χ0v) is 11.1. The van der Waals surface area contributed by atoms with Crippen molar-refractivity contribution in [2.45, 2.75) is 26.0 Å². The van der Waals surface area contributed by atoms with Crippen LogP contribution < -0.4 is 10.5 Å². The maximum atomic E-state index is 13.5. The summed E-state index contributed by atoms with van der Waals surface area (Å²) < 4.78 is 31.9. The van der Waals surface area contributed by atoms with Crippen molar-refractivity contribution in [2.75, 3.05) is 0 Å².